The molecule has 0 bridgehead atoms. The van der Waals surface area contributed by atoms with Crippen molar-refractivity contribution < 1.29 is 9.53 Å². The van der Waals surface area contributed by atoms with Gasteiger partial charge in [0.1, 0.15) is 11.6 Å². The van der Waals surface area contributed by atoms with Crippen LogP contribution in [0.4, 0.5) is 0 Å². The molecule has 0 spiro atoms. The van der Waals surface area contributed by atoms with Crippen LogP contribution in [-0.2, 0) is 0 Å². The first kappa shape index (κ1) is 14.5. The topological polar surface area (TPSA) is 55.3 Å². The van der Waals surface area contributed by atoms with Gasteiger partial charge in [0.2, 0.25) is 0 Å². The van der Waals surface area contributed by atoms with Gasteiger partial charge in [0.15, 0.2) is 0 Å². The molecule has 0 aliphatic carbocycles. The molecule has 0 unspecified atom stereocenters. The number of rotatable bonds is 3. The lowest BCUT2D eigenvalue weighted by molar-refractivity contribution is 0.0790. The van der Waals surface area contributed by atoms with Crippen LogP contribution in [0.1, 0.15) is 34.2 Å². The van der Waals surface area contributed by atoms with Crippen molar-refractivity contribution in [2.24, 2.45) is 0 Å². The molecule has 1 aliphatic rings. The average Bonchev–Trinajstić information content (AvgIpc) is 3.04. The van der Waals surface area contributed by atoms with E-state index < -0.39 is 0 Å². The van der Waals surface area contributed by atoms with Crippen molar-refractivity contribution in [1.29, 1.82) is 0 Å². The Bertz CT molecular complexity index is 687. The Balaban J connectivity index is 1.73. The number of aromatic nitrogens is 2. The summed E-state index contributed by atoms with van der Waals surface area (Å²) in [5.41, 5.74) is 1.62. The largest absolute Gasteiger partial charge is 0.497 e. The number of hydrogen-bond acceptors (Lipinski definition) is 4. The maximum absolute atomic E-state index is 12.6. The number of carbonyl (C=O) groups is 1. The van der Waals surface area contributed by atoms with Gasteiger partial charge in [-0.05, 0) is 37.6 Å². The molecule has 5 nitrogen and oxygen atoms in total. The number of amides is 1. The summed E-state index contributed by atoms with van der Waals surface area (Å²) in [6, 6.07) is 9.16. The van der Waals surface area contributed by atoms with Gasteiger partial charge in [0.05, 0.1) is 7.11 Å². The van der Waals surface area contributed by atoms with Gasteiger partial charge in [-0.25, -0.2) is 9.97 Å². The molecule has 0 radical (unpaired) electrons. The van der Waals surface area contributed by atoms with Crippen LogP contribution in [0.5, 0.6) is 5.75 Å². The molecule has 22 heavy (non-hydrogen) atoms. The Morgan fingerprint density at radius 2 is 2.23 bits per heavy atom. The van der Waals surface area contributed by atoms with Gasteiger partial charge in [-0.3, -0.25) is 4.79 Å². The summed E-state index contributed by atoms with van der Waals surface area (Å²) in [5, 5.41) is 0. The predicted molar refractivity (Wildman–Crippen MR) is 83.0 cm³/mol. The van der Waals surface area contributed by atoms with Crippen LogP contribution >= 0.6 is 0 Å². The molecule has 1 aromatic carbocycles. The summed E-state index contributed by atoms with van der Waals surface area (Å²) in [4.78, 5) is 23.3. The highest BCUT2D eigenvalue weighted by atomic mass is 16.5. The number of aryl methyl sites for hydroxylation is 1. The Morgan fingerprint density at radius 3 is 3.00 bits per heavy atom. The van der Waals surface area contributed by atoms with Crippen LogP contribution in [-0.4, -0.2) is 41.0 Å². The standard InChI is InChI=1S/C17H19N3O2/c1-12-6-8-18-16(19-12)14-7-9-20(11-14)17(21)13-4-3-5-15(10-13)22-2/h3-6,8,10,14H,7,9,11H2,1-2H3/t14-/m0/s1. The van der Waals surface area contributed by atoms with E-state index in [2.05, 4.69) is 9.97 Å². The third kappa shape index (κ3) is 2.93. The minimum atomic E-state index is 0.0362. The van der Waals surface area contributed by atoms with Gasteiger partial charge in [-0.2, -0.15) is 0 Å². The molecule has 1 aliphatic heterocycles. The summed E-state index contributed by atoms with van der Waals surface area (Å²) < 4.78 is 5.18. The molecule has 1 aromatic heterocycles. The van der Waals surface area contributed by atoms with Crippen LogP contribution in [0.2, 0.25) is 0 Å². The van der Waals surface area contributed by atoms with E-state index in [0.717, 1.165) is 24.5 Å². The molecule has 0 saturated carbocycles. The normalized spacial score (nSPS) is 17.5. The van der Waals surface area contributed by atoms with Crippen LogP contribution in [0.3, 0.4) is 0 Å². The molecule has 114 valence electrons. The van der Waals surface area contributed by atoms with Crippen molar-refractivity contribution in [2.75, 3.05) is 20.2 Å². The fourth-order valence-corrected chi connectivity index (χ4v) is 2.76. The highest BCUT2D eigenvalue weighted by Gasteiger charge is 2.29. The van der Waals surface area contributed by atoms with Crippen molar-refractivity contribution in [3.8, 4) is 5.75 Å². The average molecular weight is 297 g/mol. The molecular formula is C17H19N3O2. The van der Waals surface area contributed by atoms with E-state index in [4.69, 9.17) is 4.74 Å². The van der Waals surface area contributed by atoms with Crippen molar-refractivity contribution in [3.63, 3.8) is 0 Å². The maximum atomic E-state index is 12.6. The van der Waals surface area contributed by atoms with E-state index in [1.807, 2.05) is 36.1 Å². The number of nitrogens with zero attached hydrogens (tertiary/aromatic N) is 3. The molecule has 1 atom stereocenters. The molecule has 5 heteroatoms. The SMILES string of the molecule is COc1cccc(C(=O)N2CC[C@H](c3nccc(C)n3)C2)c1. The van der Waals surface area contributed by atoms with Gasteiger partial charge < -0.3 is 9.64 Å². The number of ether oxygens (including phenoxy) is 1. The predicted octanol–water partition coefficient (Wildman–Crippen LogP) is 2.42. The Hall–Kier alpha value is -2.43. The van der Waals surface area contributed by atoms with Gasteiger partial charge in [0.25, 0.3) is 5.91 Å². The Morgan fingerprint density at radius 1 is 1.36 bits per heavy atom. The first-order valence-electron chi connectivity index (χ1n) is 7.40. The van der Waals surface area contributed by atoms with E-state index in [0.29, 0.717) is 17.9 Å². The fraction of sp³-hybridized carbons (Fsp3) is 0.353. The molecule has 1 fully saturated rings. The minimum Gasteiger partial charge on any atom is -0.497 e. The first-order chi connectivity index (χ1) is 10.7. The molecule has 2 heterocycles. The number of hydrogen-bond donors (Lipinski definition) is 0. The second kappa shape index (κ2) is 6.13. The first-order valence-corrected chi connectivity index (χ1v) is 7.40. The molecule has 1 saturated heterocycles. The zero-order valence-electron chi connectivity index (χ0n) is 12.8. The van der Waals surface area contributed by atoms with Crippen LogP contribution in [0.25, 0.3) is 0 Å². The quantitative estimate of drug-likeness (QED) is 0.873. The van der Waals surface area contributed by atoms with E-state index >= 15 is 0 Å². The maximum Gasteiger partial charge on any atom is 0.254 e. The van der Waals surface area contributed by atoms with Crippen molar-refractivity contribution in [2.45, 2.75) is 19.3 Å². The second-order valence-corrected chi connectivity index (χ2v) is 5.52. The van der Waals surface area contributed by atoms with Gasteiger partial charge in [0, 0.05) is 36.5 Å². The zero-order valence-corrected chi connectivity index (χ0v) is 12.8. The summed E-state index contributed by atoms with van der Waals surface area (Å²) in [5.74, 6) is 1.79. The van der Waals surface area contributed by atoms with E-state index in [1.165, 1.54) is 0 Å². The highest BCUT2D eigenvalue weighted by Crippen LogP contribution is 2.26. The lowest BCUT2D eigenvalue weighted by atomic mass is 10.1. The van der Waals surface area contributed by atoms with Crippen molar-refractivity contribution >= 4 is 5.91 Å². The van der Waals surface area contributed by atoms with E-state index in [1.54, 1.807) is 19.4 Å². The van der Waals surface area contributed by atoms with Crippen LogP contribution in [0.15, 0.2) is 36.5 Å². The number of methoxy groups -OCH3 is 1. The number of likely N-dealkylation sites (tertiary alicyclic amines) is 1. The molecule has 2 aromatic rings. The van der Waals surface area contributed by atoms with Gasteiger partial charge in [-0.15, -0.1) is 0 Å². The van der Waals surface area contributed by atoms with Gasteiger partial charge >= 0.3 is 0 Å². The molecule has 0 N–H and O–H groups in total. The highest BCUT2D eigenvalue weighted by molar-refractivity contribution is 5.94. The third-order valence-electron chi connectivity index (χ3n) is 3.97. The minimum absolute atomic E-state index is 0.0362. The molecule has 1 amide bonds. The van der Waals surface area contributed by atoms with E-state index in [-0.39, 0.29) is 11.8 Å². The Kier molecular flexibility index (Phi) is 4.04. The number of benzene rings is 1. The summed E-state index contributed by atoms with van der Waals surface area (Å²) in [7, 11) is 1.60. The smallest absolute Gasteiger partial charge is 0.254 e. The summed E-state index contributed by atoms with van der Waals surface area (Å²) in [6.07, 6.45) is 2.68. The lowest BCUT2D eigenvalue weighted by Crippen LogP contribution is -2.28. The van der Waals surface area contributed by atoms with Crippen molar-refractivity contribution in [1.82, 2.24) is 14.9 Å². The van der Waals surface area contributed by atoms with Crippen molar-refractivity contribution in [3.05, 3.63) is 53.6 Å². The van der Waals surface area contributed by atoms with Crippen LogP contribution < -0.4 is 4.74 Å². The molecule has 3 rings (SSSR count). The van der Waals surface area contributed by atoms with Crippen LogP contribution in [0, 0.1) is 6.92 Å². The van der Waals surface area contributed by atoms with Gasteiger partial charge in [-0.1, -0.05) is 6.07 Å². The third-order valence-corrected chi connectivity index (χ3v) is 3.97. The number of carbonyl (C=O) groups excluding carboxylic acids is 1. The second-order valence-electron chi connectivity index (χ2n) is 5.52. The fourth-order valence-electron chi connectivity index (χ4n) is 2.76. The lowest BCUT2D eigenvalue weighted by Gasteiger charge is -2.16. The molecular weight excluding hydrogens is 278 g/mol. The Labute approximate surface area is 130 Å². The van der Waals surface area contributed by atoms with E-state index in [9.17, 15) is 4.79 Å². The zero-order chi connectivity index (χ0) is 15.5. The monoisotopic (exact) mass is 297 g/mol. The summed E-state index contributed by atoms with van der Waals surface area (Å²) >= 11 is 0. The summed E-state index contributed by atoms with van der Waals surface area (Å²) in [6.45, 7) is 3.36.